The quantitative estimate of drug-likeness (QED) is 0.258. The van der Waals surface area contributed by atoms with Crippen LogP contribution in [0.25, 0.3) is 17.1 Å². The molecule has 2 aromatic heterocycles. The second-order valence-corrected chi connectivity index (χ2v) is 8.93. The van der Waals surface area contributed by atoms with Gasteiger partial charge in [0.25, 0.3) is 0 Å². The summed E-state index contributed by atoms with van der Waals surface area (Å²) in [6.45, 7) is 0. The average Bonchev–Trinajstić information content (AvgIpc) is 3.43. The zero-order valence-corrected chi connectivity index (χ0v) is 19.3. The largest absolute Gasteiger partial charge is 0.493 e. The van der Waals surface area contributed by atoms with Crippen molar-refractivity contribution >= 4 is 35.3 Å². The van der Waals surface area contributed by atoms with Gasteiger partial charge in [0, 0.05) is 5.56 Å². The van der Waals surface area contributed by atoms with E-state index in [-0.39, 0.29) is 0 Å². The maximum Gasteiger partial charge on any atom is 0.248 e. The standard InChI is InChI=1S/C20H18N4O4S3/c1-25-14-9-12(10-15(26-2)17(14)27-3)18-22-21-16(28-18)11-30-19-23-24(20(29)31-19)13-7-5-4-6-8-13/h4-10H,11H2,1-3H3. The fraction of sp³-hybridized carbons (Fsp3) is 0.200. The van der Waals surface area contributed by atoms with Crippen LogP contribution in [-0.4, -0.2) is 41.3 Å². The lowest BCUT2D eigenvalue weighted by Crippen LogP contribution is -1.95. The molecule has 0 atom stereocenters. The Balaban J connectivity index is 1.51. The third kappa shape index (κ3) is 4.58. The van der Waals surface area contributed by atoms with Crippen LogP contribution < -0.4 is 14.2 Å². The summed E-state index contributed by atoms with van der Waals surface area (Å²) in [5.74, 6) is 2.82. The monoisotopic (exact) mass is 474 g/mol. The van der Waals surface area contributed by atoms with Gasteiger partial charge in [0.1, 0.15) is 0 Å². The predicted octanol–water partition coefficient (Wildman–Crippen LogP) is 5.03. The molecular formula is C20H18N4O4S3. The predicted molar refractivity (Wildman–Crippen MR) is 121 cm³/mol. The van der Waals surface area contributed by atoms with Crippen LogP contribution in [0.15, 0.2) is 51.2 Å². The van der Waals surface area contributed by atoms with Crippen LogP contribution in [0, 0.1) is 3.95 Å². The summed E-state index contributed by atoms with van der Waals surface area (Å²) in [5.41, 5.74) is 1.60. The second-order valence-electron chi connectivity index (χ2n) is 6.08. The van der Waals surface area contributed by atoms with Gasteiger partial charge in [0.15, 0.2) is 19.8 Å². The highest BCUT2D eigenvalue weighted by molar-refractivity contribution is 8.00. The lowest BCUT2D eigenvalue weighted by molar-refractivity contribution is 0.324. The number of para-hydroxylation sites is 1. The van der Waals surface area contributed by atoms with Crippen LogP contribution in [0.3, 0.4) is 0 Å². The second kappa shape index (κ2) is 9.50. The lowest BCUT2D eigenvalue weighted by Gasteiger charge is -2.12. The van der Waals surface area contributed by atoms with E-state index in [4.69, 9.17) is 30.8 Å². The number of hydrogen-bond acceptors (Lipinski definition) is 10. The maximum absolute atomic E-state index is 5.83. The van der Waals surface area contributed by atoms with E-state index in [0.29, 0.717) is 44.3 Å². The molecule has 0 fully saturated rings. The molecule has 2 heterocycles. The Morgan fingerprint density at radius 2 is 1.74 bits per heavy atom. The Morgan fingerprint density at radius 3 is 2.39 bits per heavy atom. The van der Waals surface area contributed by atoms with Gasteiger partial charge in [-0.3, -0.25) is 0 Å². The molecular weight excluding hydrogens is 456 g/mol. The molecule has 31 heavy (non-hydrogen) atoms. The SMILES string of the molecule is COc1cc(-c2nnc(CSc3nn(-c4ccccc4)c(=S)s3)o2)cc(OC)c1OC. The van der Waals surface area contributed by atoms with Crippen LogP contribution in [0.2, 0.25) is 0 Å². The molecule has 0 bridgehead atoms. The van der Waals surface area contributed by atoms with Crippen molar-refractivity contribution in [2.45, 2.75) is 10.1 Å². The van der Waals surface area contributed by atoms with Crippen molar-refractivity contribution in [3.63, 3.8) is 0 Å². The van der Waals surface area contributed by atoms with E-state index in [9.17, 15) is 0 Å². The van der Waals surface area contributed by atoms with Crippen LogP contribution in [0.4, 0.5) is 0 Å². The smallest absolute Gasteiger partial charge is 0.248 e. The van der Waals surface area contributed by atoms with Gasteiger partial charge in [-0.15, -0.1) is 15.3 Å². The zero-order valence-electron chi connectivity index (χ0n) is 16.9. The van der Waals surface area contributed by atoms with Crippen molar-refractivity contribution in [1.29, 1.82) is 0 Å². The van der Waals surface area contributed by atoms with Crippen LogP contribution in [0.1, 0.15) is 5.89 Å². The summed E-state index contributed by atoms with van der Waals surface area (Å²) in [6.07, 6.45) is 0. The van der Waals surface area contributed by atoms with E-state index >= 15 is 0 Å². The first kappa shape index (κ1) is 21.3. The van der Waals surface area contributed by atoms with Crippen molar-refractivity contribution in [3.8, 4) is 34.4 Å². The van der Waals surface area contributed by atoms with Crippen molar-refractivity contribution in [2.75, 3.05) is 21.3 Å². The van der Waals surface area contributed by atoms with Gasteiger partial charge in [-0.05, 0) is 36.5 Å². The molecule has 0 saturated heterocycles. The molecule has 2 aromatic carbocycles. The lowest BCUT2D eigenvalue weighted by atomic mass is 10.2. The van der Waals surface area contributed by atoms with Gasteiger partial charge in [-0.25, -0.2) is 4.68 Å². The molecule has 0 unspecified atom stereocenters. The summed E-state index contributed by atoms with van der Waals surface area (Å²) in [7, 11) is 4.66. The van der Waals surface area contributed by atoms with Crippen molar-refractivity contribution < 1.29 is 18.6 Å². The molecule has 0 radical (unpaired) electrons. The average molecular weight is 475 g/mol. The highest BCUT2D eigenvalue weighted by atomic mass is 32.2. The molecule has 0 saturated carbocycles. The molecule has 0 amide bonds. The highest BCUT2D eigenvalue weighted by Crippen LogP contribution is 2.41. The molecule has 0 aliphatic rings. The molecule has 4 aromatic rings. The minimum Gasteiger partial charge on any atom is -0.493 e. The fourth-order valence-corrected chi connectivity index (χ4v) is 5.01. The zero-order chi connectivity index (χ0) is 21.8. The molecule has 0 spiro atoms. The number of rotatable bonds is 8. The number of hydrogen-bond donors (Lipinski definition) is 0. The first-order valence-electron chi connectivity index (χ1n) is 9.04. The summed E-state index contributed by atoms with van der Waals surface area (Å²) in [6, 6.07) is 13.3. The maximum atomic E-state index is 5.83. The molecule has 11 heteroatoms. The molecule has 8 nitrogen and oxygen atoms in total. The summed E-state index contributed by atoms with van der Waals surface area (Å²) >= 11 is 8.37. The summed E-state index contributed by atoms with van der Waals surface area (Å²) in [4.78, 5) is 0. The Morgan fingerprint density at radius 1 is 1.03 bits per heavy atom. The number of methoxy groups -OCH3 is 3. The van der Waals surface area contributed by atoms with Gasteiger partial charge in [0.05, 0.1) is 32.8 Å². The Kier molecular flexibility index (Phi) is 6.54. The number of nitrogens with zero attached hydrogens (tertiary/aromatic N) is 4. The molecule has 0 aliphatic heterocycles. The number of ether oxygens (including phenoxy) is 3. The van der Waals surface area contributed by atoms with E-state index in [2.05, 4.69) is 15.3 Å². The number of aromatic nitrogens is 4. The Bertz CT molecular complexity index is 1210. The van der Waals surface area contributed by atoms with E-state index in [1.165, 1.54) is 23.1 Å². The Hall–Kier alpha value is -2.89. The molecule has 4 rings (SSSR count). The molecule has 0 N–H and O–H groups in total. The van der Waals surface area contributed by atoms with Gasteiger partial charge >= 0.3 is 0 Å². The van der Waals surface area contributed by atoms with Crippen molar-refractivity contribution in [1.82, 2.24) is 20.0 Å². The van der Waals surface area contributed by atoms with Crippen LogP contribution in [0.5, 0.6) is 17.2 Å². The molecule has 160 valence electrons. The first-order valence-corrected chi connectivity index (χ1v) is 11.2. The van der Waals surface area contributed by atoms with Crippen LogP contribution in [-0.2, 0) is 5.75 Å². The van der Waals surface area contributed by atoms with E-state index < -0.39 is 0 Å². The summed E-state index contributed by atoms with van der Waals surface area (Å²) < 4.78 is 25.2. The van der Waals surface area contributed by atoms with E-state index in [0.717, 1.165) is 10.0 Å². The van der Waals surface area contributed by atoms with Gasteiger partial charge < -0.3 is 18.6 Å². The van der Waals surface area contributed by atoms with Gasteiger partial charge in [-0.1, -0.05) is 41.3 Å². The minimum atomic E-state index is 0.359. The number of thioether (sulfide) groups is 1. The fourth-order valence-electron chi connectivity index (χ4n) is 2.81. The molecule has 0 aliphatic carbocycles. The van der Waals surface area contributed by atoms with E-state index in [1.54, 1.807) is 38.1 Å². The Labute approximate surface area is 191 Å². The van der Waals surface area contributed by atoms with Crippen LogP contribution >= 0.6 is 35.3 Å². The normalized spacial score (nSPS) is 10.8. The third-order valence-corrected chi connectivity index (χ3v) is 6.58. The van der Waals surface area contributed by atoms with Crippen molar-refractivity contribution in [2.24, 2.45) is 0 Å². The van der Waals surface area contributed by atoms with Gasteiger partial charge in [0.2, 0.25) is 17.5 Å². The highest BCUT2D eigenvalue weighted by Gasteiger charge is 2.18. The van der Waals surface area contributed by atoms with E-state index in [1.807, 2.05) is 30.3 Å². The van der Waals surface area contributed by atoms with Gasteiger partial charge in [-0.2, -0.15) is 0 Å². The topological polar surface area (TPSA) is 84.4 Å². The first-order chi connectivity index (χ1) is 15.1. The number of benzene rings is 2. The minimum absolute atomic E-state index is 0.359. The van der Waals surface area contributed by atoms with Crippen molar-refractivity contribution in [3.05, 3.63) is 52.3 Å². The third-order valence-electron chi connectivity index (χ3n) is 4.23. The summed E-state index contributed by atoms with van der Waals surface area (Å²) in [5, 5.41) is 12.9.